The van der Waals surface area contributed by atoms with Crippen LogP contribution in [0.5, 0.6) is 0 Å². The lowest BCUT2D eigenvalue weighted by Crippen LogP contribution is -2.31. The topological polar surface area (TPSA) is 38.0 Å². The molecule has 1 aliphatic carbocycles. The number of rotatable bonds is 6. The van der Waals surface area contributed by atoms with Crippen LogP contribution in [0, 0.1) is 0 Å². The van der Waals surface area contributed by atoms with Gasteiger partial charge in [-0.05, 0) is 100 Å². The molecular formula is C47H38N2. The van der Waals surface area contributed by atoms with Gasteiger partial charge in [-0.25, -0.2) is 0 Å². The molecule has 0 saturated carbocycles. The van der Waals surface area contributed by atoms with Crippen molar-refractivity contribution in [3.8, 4) is 11.1 Å². The quantitative estimate of drug-likeness (QED) is 0.109. The fourth-order valence-corrected chi connectivity index (χ4v) is 8.21. The largest absolute Gasteiger partial charge is 0.312 e. The van der Waals surface area contributed by atoms with Crippen molar-refractivity contribution in [3.63, 3.8) is 0 Å². The molecule has 2 atom stereocenters. The van der Waals surface area contributed by atoms with Gasteiger partial charge in [-0.2, -0.15) is 0 Å². The summed E-state index contributed by atoms with van der Waals surface area (Å²) >= 11 is 0. The van der Waals surface area contributed by atoms with Crippen LogP contribution in [0.15, 0.2) is 158 Å². The van der Waals surface area contributed by atoms with Gasteiger partial charge < -0.3 is 5.73 Å². The minimum Gasteiger partial charge on any atom is -0.312 e. The molecule has 8 aromatic rings. The minimum absolute atomic E-state index is 0.0985. The van der Waals surface area contributed by atoms with Gasteiger partial charge in [0.2, 0.25) is 0 Å². The molecule has 1 aliphatic rings. The maximum absolute atomic E-state index is 6.98. The maximum atomic E-state index is 6.98. The first-order valence-corrected chi connectivity index (χ1v) is 17.2. The Morgan fingerprint density at radius 3 is 2.02 bits per heavy atom. The average Bonchev–Trinajstić information content (AvgIpc) is 3.37. The van der Waals surface area contributed by atoms with Crippen molar-refractivity contribution in [1.29, 1.82) is 0 Å². The molecule has 49 heavy (non-hydrogen) atoms. The minimum atomic E-state index is -0.363. The standard InChI is InChI=1S/C47H38N2/c1-47(2)41-22-12-19-31(44(41)40-27-33-16-6-7-17-34(33)29-42(40)47)24-26-43(49-46(48)32-14-4-3-5-15-32)45-37-21-11-9-18-35(37)28-39-36-20-10-8-13-30(36)23-25-38(39)45/h3-29,43,46,49H,48H2,1-2H3/b26-24+. The van der Waals surface area contributed by atoms with E-state index < -0.39 is 0 Å². The zero-order valence-electron chi connectivity index (χ0n) is 27.8. The predicted molar refractivity (Wildman–Crippen MR) is 209 cm³/mol. The van der Waals surface area contributed by atoms with E-state index in [2.05, 4.69) is 177 Å². The van der Waals surface area contributed by atoms with Crippen LogP contribution in [0.3, 0.4) is 0 Å². The third-order valence-corrected chi connectivity index (χ3v) is 10.7. The molecule has 2 nitrogen and oxygen atoms in total. The van der Waals surface area contributed by atoms with Crippen molar-refractivity contribution in [1.82, 2.24) is 5.32 Å². The average molecular weight is 631 g/mol. The number of nitrogens with one attached hydrogen (secondary N) is 1. The Kier molecular flexibility index (Phi) is 6.98. The molecule has 0 aliphatic heterocycles. The van der Waals surface area contributed by atoms with E-state index in [-0.39, 0.29) is 17.6 Å². The third kappa shape index (κ3) is 4.87. The van der Waals surface area contributed by atoms with Crippen LogP contribution in [0.25, 0.3) is 60.3 Å². The second-order valence-electron chi connectivity index (χ2n) is 13.9. The second-order valence-corrected chi connectivity index (χ2v) is 13.9. The van der Waals surface area contributed by atoms with Crippen LogP contribution in [0.4, 0.5) is 0 Å². The molecular weight excluding hydrogens is 593 g/mol. The van der Waals surface area contributed by atoms with Gasteiger partial charge in [0.25, 0.3) is 0 Å². The summed E-state index contributed by atoms with van der Waals surface area (Å²) in [6.45, 7) is 4.71. The summed E-state index contributed by atoms with van der Waals surface area (Å²) < 4.78 is 0. The highest BCUT2D eigenvalue weighted by molar-refractivity contribution is 6.14. The molecule has 0 heterocycles. The molecule has 236 valence electrons. The molecule has 2 heteroatoms. The molecule has 0 amide bonds. The first kappa shape index (κ1) is 29.6. The maximum Gasteiger partial charge on any atom is 0.0817 e. The molecule has 0 radical (unpaired) electrons. The van der Waals surface area contributed by atoms with Gasteiger partial charge in [-0.3, -0.25) is 5.32 Å². The van der Waals surface area contributed by atoms with E-state index in [1.165, 1.54) is 76.5 Å². The van der Waals surface area contributed by atoms with Gasteiger partial charge in [-0.1, -0.05) is 159 Å². The molecule has 2 unspecified atom stereocenters. The van der Waals surface area contributed by atoms with Crippen LogP contribution >= 0.6 is 0 Å². The first-order chi connectivity index (χ1) is 24.0. The molecule has 0 aromatic heterocycles. The number of hydrogen-bond acceptors (Lipinski definition) is 2. The summed E-state index contributed by atoms with van der Waals surface area (Å²) in [5.74, 6) is 0. The second kappa shape index (κ2) is 11.6. The van der Waals surface area contributed by atoms with E-state index in [1.54, 1.807) is 0 Å². The smallest absolute Gasteiger partial charge is 0.0817 e. The highest BCUT2D eigenvalue weighted by Crippen LogP contribution is 2.51. The van der Waals surface area contributed by atoms with E-state index in [9.17, 15) is 0 Å². The lowest BCUT2D eigenvalue weighted by molar-refractivity contribution is 0.513. The van der Waals surface area contributed by atoms with Crippen molar-refractivity contribution in [2.24, 2.45) is 5.73 Å². The Bertz CT molecular complexity index is 2580. The molecule has 0 fully saturated rings. The first-order valence-electron chi connectivity index (χ1n) is 17.2. The van der Waals surface area contributed by atoms with Gasteiger partial charge in [-0.15, -0.1) is 0 Å². The molecule has 0 bridgehead atoms. The fourth-order valence-electron chi connectivity index (χ4n) is 8.21. The van der Waals surface area contributed by atoms with E-state index in [1.807, 2.05) is 6.07 Å². The normalized spacial score (nSPS) is 14.8. The highest BCUT2D eigenvalue weighted by atomic mass is 15.0. The van der Waals surface area contributed by atoms with Crippen molar-refractivity contribution in [2.45, 2.75) is 31.5 Å². The lowest BCUT2D eigenvalue weighted by atomic mass is 9.81. The molecule has 8 aromatic carbocycles. The number of benzene rings is 8. The number of fused-ring (bicyclic) bond motifs is 8. The van der Waals surface area contributed by atoms with Gasteiger partial charge in [0.1, 0.15) is 0 Å². The van der Waals surface area contributed by atoms with E-state index >= 15 is 0 Å². The van der Waals surface area contributed by atoms with Gasteiger partial charge in [0, 0.05) is 5.41 Å². The molecule has 9 rings (SSSR count). The van der Waals surface area contributed by atoms with Crippen LogP contribution in [0.2, 0.25) is 0 Å². The predicted octanol–water partition coefficient (Wildman–Crippen LogP) is 11.6. The van der Waals surface area contributed by atoms with Gasteiger partial charge in [0.15, 0.2) is 0 Å². The van der Waals surface area contributed by atoms with E-state index in [4.69, 9.17) is 5.73 Å². The van der Waals surface area contributed by atoms with Crippen molar-refractivity contribution in [3.05, 3.63) is 186 Å². The molecule has 3 N–H and O–H groups in total. The Morgan fingerprint density at radius 2 is 1.22 bits per heavy atom. The summed E-state index contributed by atoms with van der Waals surface area (Å²) in [6, 6.07) is 54.8. The zero-order valence-corrected chi connectivity index (χ0v) is 27.8. The summed E-state index contributed by atoms with van der Waals surface area (Å²) in [6.07, 6.45) is 4.29. The summed E-state index contributed by atoms with van der Waals surface area (Å²) in [4.78, 5) is 0. The van der Waals surface area contributed by atoms with E-state index in [0.29, 0.717) is 0 Å². The van der Waals surface area contributed by atoms with Crippen molar-refractivity contribution >= 4 is 49.2 Å². The van der Waals surface area contributed by atoms with Crippen LogP contribution < -0.4 is 11.1 Å². The van der Waals surface area contributed by atoms with Gasteiger partial charge >= 0.3 is 0 Å². The summed E-state index contributed by atoms with van der Waals surface area (Å²) in [5, 5.41) is 13.9. The van der Waals surface area contributed by atoms with Crippen molar-refractivity contribution in [2.75, 3.05) is 0 Å². The summed E-state index contributed by atoms with van der Waals surface area (Å²) in [7, 11) is 0. The highest BCUT2D eigenvalue weighted by Gasteiger charge is 2.36. The summed E-state index contributed by atoms with van der Waals surface area (Å²) in [5.41, 5.74) is 15.8. The third-order valence-electron chi connectivity index (χ3n) is 10.7. The zero-order chi connectivity index (χ0) is 33.1. The van der Waals surface area contributed by atoms with Crippen LogP contribution in [-0.2, 0) is 5.41 Å². The van der Waals surface area contributed by atoms with Crippen LogP contribution in [-0.4, -0.2) is 0 Å². The lowest BCUT2D eigenvalue weighted by Gasteiger charge is -2.25. The Balaban J connectivity index is 1.26. The van der Waals surface area contributed by atoms with E-state index in [0.717, 1.165) is 5.56 Å². The monoisotopic (exact) mass is 630 g/mol. The fraction of sp³-hybridized carbons (Fsp3) is 0.106. The van der Waals surface area contributed by atoms with Gasteiger partial charge in [0.05, 0.1) is 12.2 Å². The van der Waals surface area contributed by atoms with Crippen LogP contribution in [0.1, 0.15) is 53.9 Å². The molecule has 0 saturated heterocycles. The SMILES string of the molecule is CC1(C)c2cc3ccccc3cc2-c2c(/C=C/C(NC(N)c3ccccc3)c3c4ccccc4cc4c3ccc3ccccc34)cccc21. The van der Waals surface area contributed by atoms with Crippen molar-refractivity contribution < 1.29 is 0 Å². The Morgan fingerprint density at radius 1 is 0.551 bits per heavy atom. The molecule has 0 spiro atoms. The number of hydrogen-bond donors (Lipinski definition) is 2. The Labute approximate surface area is 287 Å². The Hall–Kier alpha value is -5.54. The number of nitrogens with two attached hydrogens (primary N) is 1.